The molecule has 1 aromatic heterocycles. The second-order valence-electron chi connectivity index (χ2n) is 5.81. The first kappa shape index (κ1) is 19.4. The van der Waals surface area contributed by atoms with Gasteiger partial charge >= 0.3 is 6.03 Å². The van der Waals surface area contributed by atoms with E-state index in [0.717, 1.165) is 6.26 Å². The fraction of sp³-hybridized carbons (Fsp3) is 0.0526. The quantitative estimate of drug-likeness (QED) is 0.363. The lowest BCUT2D eigenvalue weighted by molar-refractivity contribution is -0.126. The lowest BCUT2D eigenvalue weighted by Crippen LogP contribution is -2.44. The summed E-state index contributed by atoms with van der Waals surface area (Å²) in [5.74, 6) is -0.841. The smallest absolute Gasteiger partial charge is 0.320 e. The normalized spacial score (nSPS) is 11.3. The van der Waals surface area contributed by atoms with Crippen LogP contribution in [0, 0.1) is 0 Å². The number of fused-ring (bicyclic) bond motifs is 1. The van der Waals surface area contributed by atoms with Gasteiger partial charge in [-0.2, -0.15) is 0 Å². The molecule has 4 amide bonds. The standard InChI is InChI=1S/C19H15N4O6/c24-10-20-23-18(27)16(11-5-7-12(25)8-6-11)22-19(28)21-14-9-29-15-4-2-1-3-13(15)17(14)26/h1-10,16,25H,(H,23,27)(H2,21,22,28). The van der Waals surface area contributed by atoms with Gasteiger partial charge in [0.2, 0.25) is 11.8 Å². The minimum absolute atomic E-state index is 0.0382. The number of anilines is 1. The van der Waals surface area contributed by atoms with Crippen LogP contribution < -0.4 is 26.9 Å². The van der Waals surface area contributed by atoms with Gasteiger partial charge < -0.3 is 20.2 Å². The van der Waals surface area contributed by atoms with Crippen LogP contribution in [-0.4, -0.2) is 23.5 Å². The summed E-state index contributed by atoms with van der Waals surface area (Å²) in [4.78, 5) is 47.5. The minimum Gasteiger partial charge on any atom is -0.508 e. The predicted octanol–water partition coefficient (Wildman–Crippen LogP) is 1.15. The van der Waals surface area contributed by atoms with Gasteiger partial charge in [0.15, 0.2) is 0 Å². The number of phenolic OH excluding ortho intramolecular Hbond substituents is 1. The van der Waals surface area contributed by atoms with Gasteiger partial charge in [-0.25, -0.2) is 10.2 Å². The van der Waals surface area contributed by atoms with Crippen molar-refractivity contribution in [3.05, 3.63) is 70.6 Å². The van der Waals surface area contributed by atoms with Crippen molar-refractivity contribution in [1.82, 2.24) is 16.2 Å². The summed E-state index contributed by atoms with van der Waals surface area (Å²) in [6, 6.07) is 9.87. The number of nitrogens with zero attached hydrogens (tertiary/aromatic N) is 1. The van der Waals surface area contributed by atoms with Crippen LogP contribution in [0.4, 0.5) is 10.5 Å². The molecule has 2 aromatic carbocycles. The van der Waals surface area contributed by atoms with Gasteiger partial charge in [-0.1, -0.05) is 24.3 Å². The summed E-state index contributed by atoms with van der Waals surface area (Å²) in [5.41, 5.74) is 5.18. The molecule has 1 atom stereocenters. The van der Waals surface area contributed by atoms with E-state index >= 15 is 0 Å². The predicted molar refractivity (Wildman–Crippen MR) is 102 cm³/mol. The van der Waals surface area contributed by atoms with Crippen LogP contribution in [0.15, 0.2) is 64.0 Å². The molecule has 0 spiro atoms. The van der Waals surface area contributed by atoms with E-state index in [0.29, 0.717) is 11.1 Å². The molecule has 147 valence electrons. The van der Waals surface area contributed by atoms with Gasteiger partial charge in [-0.05, 0) is 29.8 Å². The molecule has 0 saturated carbocycles. The molecule has 3 rings (SSSR count). The Balaban J connectivity index is 1.82. The molecule has 0 aliphatic rings. The minimum atomic E-state index is -1.26. The Morgan fingerprint density at radius 3 is 2.55 bits per heavy atom. The van der Waals surface area contributed by atoms with Gasteiger partial charge in [0.1, 0.15) is 29.3 Å². The number of urea groups is 1. The zero-order chi connectivity index (χ0) is 20.8. The number of amides is 4. The average Bonchev–Trinajstić information content (AvgIpc) is 2.73. The third-order valence-corrected chi connectivity index (χ3v) is 3.92. The maximum absolute atomic E-state index is 12.5. The van der Waals surface area contributed by atoms with Gasteiger partial charge in [0.05, 0.1) is 5.39 Å². The van der Waals surface area contributed by atoms with Crippen LogP contribution in [0.2, 0.25) is 0 Å². The highest BCUT2D eigenvalue weighted by Crippen LogP contribution is 2.18. The van der Waals surface area contributed by atoms with Gasteiger partial charge in [0.25, 0.3) is 5.91 Å². The third-order valence-electron chi connectivity index (χ3n) is 3.92. The van der Waals surface area contributed by atoms with Crippen molar-refractivity contribution < 1.29 is 23.9 Å². The van der Waals surface area contributed by atoms with Crippen molar-refractivity contribution in [3.63, 3.8) is 0 Å². The first-order chi connectivity index (χ1) is 14.0. The number of carbonyl (C=O) groups is 3. The number of para-hydroxylation sites is 1. The Morgan fingerprint density at radius 1 is 1.10 bits per heavy atom. The Hall–Kier alpha value is -4.34. The van der Waals surface area contributed by atoms with E-state index in [2.05, 4.69) is 16.1 Å². The van der Waals surface area contributed by atoms with E-state index in [1.165, 1.54) is 24.3 Å². The van der Waals surface area contributed by atoms with Crippen molar-refractivity contribution in [2.24, 2.45) is 0 Å². The Labute approximate surface area is 163 Å². The van der Waals surface area contributed by atoms with Crippen molar-refractivity contribution in [1.29, 1.82) is 0 Å². The molecule has 10 heteroatoms. The molecule has 4 N–H and O–H groups in total. The van der Waals surface area contributed by atoms with E-state index in [1.54, 1.807) is 24.3 Å². The van der Waals surface area contributed by atoms with Crippen LogP contribution in [-0.2, 0) is 9.59 Å². The highest BCUT2D eigenvalue weighted by atomic mass is 16.3. The summed E-state index contributed by atoms with van der Waals surface area (Å²) in [5, 5.41) is 14.4. The van der Waals surface area contributed by atoms with Crippen LogP contribution in [0.1, 0.15) is 11.6 Å². The van der Waals surface area contributed by atoms with E-state index in [9.17, 15) is 24.3 Å². The first-order valence-corrected chi connectivity index (χ1v) is 8.30. The number of aromatic hydroxyl groups is 1. The maximum Gasteiger partial charge on any atom is 0.320 e. The SMILES string of the molecule is O=C[N]NC(=O)C(NC(=O)Nc1coc2ccccc2c1=O)c1ccc(O)cc1. The molecule has 29 heavy (non-hydrogen) atoms. The monoisotopic (exact) mass is 395 g/mol. The molecule has 1 unspecified atom stereocenters. The van der Waals surface area contributed by atoms with Crippen molar-refractivity contribution >= 4 is 35.0 Å². The number of carbonyl (C=O) groups excluding carboxylic acids is 3. The van der Waals surface area contributed by atoms with Crippen LogP contribution in [0.3, 0.4) is 0 Å². The topological polar surface area (TPSA) is 152 Å². The molecule has 3 aromatic rings. The van der Waals surface area contributed by atoms with Crippen LogP contribution in [0.5, 0.6) is 5.75 Å². The Kier molecular flexibility index (Phi) is 5.74. The van der Waals surface area contributed by atoms with Crippen molar-refractivity contribution in [2.45, 2.75) is 6.04 Å². The number of nitrogens with one attached hydrogen (secondary N) is 3. The molecule has 0 fully saturated rings. The first-order valence-electron chi connectivity index (χ1n) is 8.30. The second kappa shape index (κ2) is 8.57. The molecule has 0 aliphatic carbocycles. The molecule has 0 saturated heterocycles. The lowest BCUT2D eigenvalue weighted by atomic mass is 10.1. The number of benzene rings is 2. The Morgan fingerprint density at radius 2 is 1.83 bits per heavy atom. The van der Waals surface area contributed by atoms with Crippen LogP contribution >= 0.6 is 0 Å². The number of hydrogen-bond acceptors (Lipinski definition) is 6. The number of phenols is 1. The largest absolute Gasteiger partial charge is 0.508 e. The zero-order valence-corrected chi connectivity index (χ0v) is 14.8. The third kappa shape index (κ3) is 4.50. The van der Waals surface area contributed by atoms with E-state index < -0.39 is 23.4 Å². The fourth-order valence-electron chi connectivity index (χ4n) is 2.58. The Bertz CT molecular complexity index is 1110. The lowest BCUT2D eigenvalue weighted by Gasteiger charge is -2.18. The van der Waals surface area contributed by atoms with E-state index in [-0.39, 0.29) is 23.2 Å². The molecule has 0 aliphatic heterocycles. The highest BCUT2D eigenvalue weighted by Gasteiger charge is 2.24. The second-order valence-corrected chi connectivity index (χ2v) is 5.81. The summed E-state index contributed by atoms with van der Waals surface area (Å²) >= 11 is 0. The van der Waals surface area contributed by atoms with E-state index in [1.807, 2.05) is 5.43 Å². The fourth-order valence-corrected chi connectivity index (χ4v) is 2.58. The summed E-state index contributed by atoms with van der Waals surface area (Å²) in [7, 11) is 0. The van der Waals surface area contributed by atoms with Crippen molar-refractivity contribution in [2.75, 3.05) is 5.32 Å². The summed E-state index contributed by atoms with van der Waals surface area (Å²) in [6.45, 7) is 0. The average molecular weight is 395 g/mol. The summed E-state index contributed by atoms with van der Waals surface area (Å²) in [6.07, 6.45) is 1.23. The number of rotatable bonds is 6. The van der Waals surface area contributed by atoms with E-state index in [4.69, 9.17) is 4.42 Å². The maximum atomic E-state index is 12.5. The molecule has 10 nitrogen and oxygen atoms in total. The summed E-state index contributed by atoms with van der Waals surface area (Å²) < 4.78 is 5.32. The molecular formula is C19H15N4O6. The number of hydrogen-bond donors (Lipinski definition) is 4. The molecular weight excluding hydrogens is 380 g/mol. The molecule has 1 radical (unpaired) electrons. The van der Waals surface area contributed by atoms with Gasteiger partial charge in [-0.15, -0.1) is 5.43 Å². The van der Waals surface area contributed by atoms with Crippen molar-refractivity contribution in [3.8, 4) is 5.75 Å². The zero-order valence-electron chi connectivity index (χ0n) is 14.8. The van der Waals surface area contributed by atoms with Gasteiger partial charge in [0, 0.05) is 0 Å². The molecule has 0 bridgehead atoms. The van der Waals surface area contributed by atoms with Crippen LogP contribution in [0.25, 0.3) is 11.0 Å². The molecule has 1 heterocycles. The highest BCUT2D eigenvalue weighted by molar-refractivity contribution is 5.95. The van der Waals surface area contributed by atoms with Gasteiger partial charge in [-0.3, -0.25) is 14.4 Å².